The average molecular weight is 260 g/mol. The van der Waals surface area contributed by atoms with Gasteiger partial charge in [-0.15, -0.1) is 0 Å². The lowest BCUT2D eigenvalue weighted by molar-refractivity contribution is 0.390. The second-order valence-corrected chi connectivity index (χ2v) is 4.16. The van der Waals surface area contributed by atoms with E-state index in [1.165, 1.54) is 6.07 Å². The molecule has 5 nitrogen and oxygen atoms in total. The summed E-state index contributed by atoms with van der Waals surface area (Å²) in [4.78, 5) is 14.0. The molecule has 5 heteroatoms. The molecule has 1 heterocycles. The van der Waals surface area contributed by atoms with Gasteiger partial charge in [-0.2, -0.15) is 0 Å². The minimum atomic E-state index is -0.245. The first-order chi connectivity index (χ1) is 9.06. The molecule has 0 aliphatic heterocycles. The lowest BCUT2D eigenvalue weighted by Crippen LogP contribution is -2.07. The van der Waals surface area contributed by atoms with Crippen LogP contribution >= 0.6 is 0 Å². The van der Waals surface area contributed by atoms with E-state index in [0.29, 0.717) is 17.1 Å². The van der Waals surface area contributed by atoms with Crippen LogP contribution in [-0.4, -0.2) is 19.2 Å². The van der Waals surface area contributed by atoms with Gasteiger partial charge in [-0.05, 0) is 30.7 Å². The van der Waals surface area contributed by atoms with Gasteiger partial charge in [-0.3, -0.25) is 4.79 Å². The van der Waals surface area contributed by atoms with Gasteiger partial charge in [0, 0.05) is 17.2 Å². The number of hydrogen-bond donors (Lipinski definition) is 2. The van der Waals surface area contributed by atoms with Crippen LogP contribution in [0.25, 0.3) is 11.1 Å². The molecular formula is C14H16N2O3. The van der Waals surface area contributed by atoms with Crippen LogP contribution in [-0.2, 0) is 0 Å². The van der Waals surface area contributed by atoms with Gasteiger partial charge in [0.1, 0.15) is 17.3 Å². The van der Waals surface area contributed by atoms with Gasteiger partial charge in [-0.1, -0.05) is 0 Å². The summed E-state index contributed by atoms with van der Waals surface area (Å²) in [7, 11) is 3.19. The van der Waals surface area contributed by atoms with Crippen LogP contribution < -0.4 is 20.8 Å². The van der Waals surface area contributed by atoms with Crippen molar-refractivity contribution < 1.29 is 9.47 Å². The Bertz CT molecular complexity index is 662. The predicted molar refractivity (Wildman–Crippen MR) is 74.8 cm³/mol. The van der Waals surface area contributed by atoms with Crippen LogP contribution in [0.4, 0.5) is 5.82 Å². The molecule has 1 aromatic heterocycles. The van der Waals surface area contributed by atoms with Crippen LogP contribution in [0.3, 0.4) is 0 Å². The molecule has 3 N–H and O–H groups in total. The number of methoxy groups -OCH3 is 2. The minimum absolute atomic E-state index is 0.245. The van der Waals surface area contributed by atoms with Crippen molar-refractivity contribution in [2.24, 2.45) is 0 Å². The monoisotopic (exact) mass is 260 g/mol. The summed E-state index contributed by atoms with van der Waals surface area (Å²) in [6, 6.07) is 6.87. The first kappa shape index (κ1) is 13.0. The fourth-order valence-electron chi connectivity index (χ4n) is 2.11. The fraction of sp³-hybridized carbons (Fsp3) is 0.214. The van der Waals surface area contributed by atoms with Crippen molar-refractivity contribution in [1.29, 1.82) is 0 Å². The van der Waals surface area contributed by atoms with E-state index in [0.717, 1.165) is 16.9 Å². The molecule has 0 aliphatic carbocycles. The number of rotatable bonds is 3. The van der Waals surface area contributed by atoms with Gasteiger partial charge in [0.2, 0.25) is 5.56 Å². The molecule has 0 bridgehead atoms. The standard InChI is InChI=1S/C14H16N2O3/c1-8-11(18-2)5-4-10(14(8)19-3)9-6-12(15)16-13(17)7-9/h4-7H,1-3H3,(H3,15,16,17). The van der Waals surface area contributed by atoms with E-state index in [4.69, 9.17) is 15.2 Å². The maximum Gasteiger partial charge on any atom is 0.250 e. The lowest BCUT2D eigenvalue weighted by atomic mass is 10.0. The van der Waals surface area contributed by atoms with Gasteiger partial charge in [-0.25, -0.2) is 0 Å². The van der Waals surface area contributed by atoms with Crippen molar-refractivity contribution >= 4 is 5.82 Å². The Morgan fingerprint density at radius 3 is 2.47 bits per heavy atom. The molecule has 0 radical (unpaired) electrons. The summed E-state index contributed by atoms with van der Waals surface area (Å²) in [5, 5.41) is 0. The molecular weight excluding hydrogens is 244 g/mol. The van der Waals surface area contributed by atoms with Crippen molar-refractivity contribution in [2.75, 3.05) is 20.0 Å². The Kier molecular flexibility index (Phi) is 3.46. The van der Waals surface area contributed by atoms with Crippen molar-refractivity contribution in [3.8, 4) is 22.6 Å². The molecule has 2 aromatic rings. The Morgan fingerprint density at radius 2 is 1.89 bits per heavy atom. The highest BCUT2D eigenvalue weighted by atomic mass is 16.5. The molecule has 0 aliphatic rings. The highest BCUT2D eigenvalue weighted by molar-refractivity contribution is 5.75. The zero-order valence-electron chi connectivity index (χ0n) is 11.1. The van der Waals surface area contributed by atoms with Crippen molar-refractivity contribution in [3.05, 3.63) is 40.2 Å². The molecule has 0 amide bonds. The van der Waals surface area contributed by atoms with Gasteiger partial charge < -0.3 is 20.2 Å². The van der Waals surface area contributed by atoms with Crippen LogP contribution in [0.15, 0.2) is 29.1 Å². The quantitative estimate of drug-likeness (QED) is 0.884. The van der Waals surface area contributed by atoms with Crippen molar-refractivity contribution in [3.63, 3.8) is 0 Å². The Morgan fingerprint density at radius 1 is 1.16 bits per heavy atom. The molecule has 2 rings (SSSR count). The van der Waals surface area contributed by atoms with E-state index in [9.17, 15) is 4.79 Å². The number of aromatic amines is 1. The van der Waals surface area contributed by atoms with Crippen molar-refractivity contribution in [1.82, 2.24) is 4.98 Å². The molecule has 0 atom stereocenters. The minimum Gasteiger partial charge on any atom is -0.496 e. The van der Waals surface area contributed by atoms with Gasteiger partial charge in [0.05, 0.1) is 14.2 Å². The first-order valence-corrected chi connectivity index (χ1v) is 5.78. The van der Waals surface area contributed by atoms with Gasteiger partial charge >= 0.3 is 0 Å². The summed E-state index contributed by atoms with van der Waals surface area (Å²) in [6.07, 6.45) is 0. The number of anilines is 1. The number of pyridine rings is 1. The third-order valence-electron chi connectivity index (χ3n) is 2.96. The van der Waals surface area contributed by atoms with Crippen molar-refractivity contribution in [2.45, 2.75) is 6.92 Å². The summed E-state index contributed by atoms with van der Waals surface area (Å²) in [6.45, 7) is 1.90. The average Bonchev–Trinajstić information content (AvgIpc) is 2.37. The number of hydrogen-bond acceptors (Lipinski definition) is 4. The third-order valence-corrected chi connectivity index (χ3v) is 2.96. The van der Waals surface area contributed by atoms with E-state index in [1.54, 1.807) is 20.3 Å². The largest absolute Gasteiger partial charge is 0.496 e. The molecule has 0 unspecified atom stereocenters. The Balaban J connectivity index is 2.68. The summed E-state index contributed by atoms with van der Waals surface area (Å²) in [5.74, 6) is 1.72. The molecule has 1 aromatic carbocycles. The SMILES string of the molecule is COc1ccc(-c2cc(N)[nH]c(=O)c2)c(OC)c1C. The van der Waals surface area contributed by atoms with Crippen LogP contribution in [0, 0.1) is 6.92 Å². The number of nitrogens with two attached hydrogens (primary N) is 1. The van der Waals surface area contributed by atoms with Gasteiger partial charge in [0.15, 0.2) is 0 Å². The molecule has 19 heavy (non-hydrogen) atoms. The number of ether oxygens (including phenoxy) is 2. The molecule has 0 saturated carbocycles. The van der Waals surface area contributed by atoms with Gasteiger partial charge in [0.25, 0.3) is 0 Å². The Hall–Kier alpha value is -2.43. The number of H-pyrrole nitrogens is 1. The normalized spacial score (nSPS) is 10.3. The fourth-order valence-corrected chi connectivity index (χ4v) is 2.11. The molecule has 100 valence electrons. The smallest absolute Gasteiger partial charge is 0.250 e. The zero-order valence-corrected chi connectivity index (χ0v) is 11.1. The zero-order chi connectivity index (χ0) is 14.0. The van der Waals surface area contributed by atoms with E-state index in [2.05, 4.69) is 4.98 Å². The van der Waals surface area contributed by atoms with E-state index in [1.807, 2.05) is 19.1 Å². The first-order valence-electron chi connectivity index (χ1n) is 5.78. The Labute approximate surface area is 111 Å². The number of aromatic nitrogens is 1. The van der Waals surface area contributed by atoms with Crippen LogP contribution in [0.2, 0.25) is 0 Å². The summed E-state index contributed by atoms with van der Waals surface area (Å²) in [5.41, 5.74) is 7.81. The highest BCUT2D eigenvalue weighted by Crippen LogP contribution is 2.37. The topological polar surface area (TPSA) is 77.3 Å². The highest BCUT2D eigenvalue weighted by Gasteiger charge is 2.13. The summed E-state index contributed by atoms with van der Waals surface area (Å²) < 4.78 is 10.7. The van der Waals surface area contributed by atoms with Crippen LogP contribution in [0.5, 0.6) is 11.5 Å². The maximum absolute atomic E-state index is 11.5. The molecule has 0 fully saturated rings. The lowest BCUT2D eigenvalue weighted by Gasteiger charge is -2.14. The maximum atomic E-state index is 11.5. The van der Waals surface area contributed by atoms with E-state index >= 15 is 0 Å². The van der Waals surface area contributed by atoms with E-state index < -0.39 is 0 Å². The molecule has 0 spiro atoms. The predicted octanol–water partition coefficient (Wildman–Crippen LogP) is 1.95. The van der Waals surface area contributed by atoms with E-state index in [-0.39, 0.29) is 5.56 Å². The van der Waals surface area contributed by atoms with Crippen LogP contribution in [0.1, 0.15) is 5.56 Å². The second kappa shape index (κ2) is 5.06. The molecule has 0 saturated heterocycles. The number of nitrogen functional groups attached to an aromatic ring is 1. The second-order valence-electron chi connectivity index (χ2n) is 4.16. The summed E-state index contributed by atoms with van der Waals surface area (Å²) >= 11 is 0. The number of nitrogens with one attached hydrogen (secondary N) is 1. The number of benzene rings is 1. The third kappa shape index (κ3) is 2.40.